The summed E-state index contributed by atoms with van der Waals surface area (Å²) in [5, 5.41) is 12.2. The van der Waals surface area contributed by atoms with Crippen molar-refractivity contribution in [3.05, 3.63) is 41.3 Å². The number of pyridine rings is 1. The van der Waals surface area contributed by atoms with E-state index >= 15 is 0 Å². The number of carbonyl (C=O) groups excluding carboxylic acids is 2. The van der Waals surface area contributed by atoms with Crippen molar-refractivity contribution in [3.63, 3.8) is 0 Å². The average molecular weight is 466 g/mol. The van der Waals surface area contributed by atoms with E-state index in [1.807, 2.05) is 6.07 Å². The molecule has 9 nitrogen and oxygen atoms in total. The maximum atomic E-state index is 12.9. The number of amides is 2. The monoisotopic (exact) mass is 465 g/mol. The Kier molecular flexibility index (Phi) is 5.00. The normalized spacial score (nSPS) is 14.8. The third-order valence-electron chi connectivity index (χ3n) is 5.34. The summed E-state index contributed by atoms with van der Waals surface area (Å²) in [6.07, 6.45) is 4.80. The summed E-state index contributed by atoms with van der Waals surface area (Å²) in [5.74, 6) is -0.781. The number of hydrogen-bond acceptors (Lipinski definition) is 7. The van der Waals surface area contributed by atoms with Gasteiger partial charge in [-0.25, -0.2) is 9.97 Å². The first-order valence-electron chi connectivity index (χ1n) is 9.82. The highest BCUT2D eigenvalue weighted by Crippen LogP contribution is 2.35. The number of rotatable bonds is 4. The lowest BCUT2D eigenvalue weighted by Crippen LogP contribution is -2.55. The molecule has 4 aromatic heterocycles. The van der Waals surface area contributed by atoms with Crippen LogP contribution in [-0.2, 0) is 4.79 Å². The molecule has 32 heavy (non-hydrogen) atoms. The van der Waals surface area contributed by atoms with Gasteiger partial charge in [-0.2, -0.15) is 5.26 Å². The minimum absolute atomic E-state index is 0.136. The summed E-state index contributed by atoms with van der Waals surface area (Å²) < 4.78 is 0.857. The minimum atomic E-state index is -0.723. The molecule has 0 aliphatic carbocycles. The Hall–Kier alpha value is -3.55. The largest absolute Gasteiger partial charge is 0.344 e. The molecule has 1 atom stereocenters. The van der Waals surface area contributed by atoms with Crippen LogP contribution in [0, 0.1) is 17.2 Å². The predicted molar refractivity (Wildman–Crippen MR) is 120 cm³/mol. The molecule has 0 saturated carbocycles. The van der Waals surface area contributed by atoms with Gasteiger partial charge in [0.05, 0.1) is 49.6 Å². The Morgan fingerprint density at radius 1 is 1.41 bits per heavy atom. The number of aromatic amines is 1. The Balaban J connectivity index is 1.40. The van der Waals surface area contributed by atoms with E-state index in [9.17, 15) is 9.59 Å². The molecule has 11 heteroatoms. The molecule has 160 valence electrons. The fourth-order valence-electron chi connectivity index (χ4n) is 3.57. The van der Waals surface area contributed by atoms with E-state index in [2.05, 4.69) is 31.3 Å². The highest BCUT2D eigenvalue weighted by Gasteiger charge is 2.33. The fraction of sp³-hybridized carbons (Fsp3) is 0.238. The first kappa shape index (κ1) is 20.4. The van der Waals surface area contributed by atoms with Crippen molar-refractivity contribution in [2.24, 2.45) is 5.92 Å². The van der Waals surface area contributed by atoms with E-state index in [0.29, 0.717) is 40.5 Å². The SMILES string of the molecule is C[C@@H](NC(=O)c1c[nH]c2ncc(-c3cc4nccc(Cl)c4s3)nc12)C(=O)N1CC(C#N)C1. The number of hydrogen-bond donors (Lipinski definition) is 2. The van der Waals surface area contributed by atoms with E-state index in [0.717, 1.165) is 15.1 Å². The zero-order chi connectivity index (χ0) is 22.4. The molecule has 2 N–H and O–H groups in total. The number of halogens is 1. The number of thiophene rings is 1. The summed E-state index contributed by atoms with van der Waals surface area (Å²) in [7, 11) is 0. The summed E-state index contributed by atoms with van der Waals surface area (Å²) >= 11 is 7.71. The summed E-state index contributed by atoms with van der Waals surface area (Å²) in [4.78, 5) is 44.0. The van der Waals surface area contributed by atoms with E-state index < -0.39 is 11.9 Å². The molecular formula is C21H16ClN7O2S. The molecular weight excluding hydrogens is 450 g/mol. The van der Waals surface area contributed by atoms with Gasteiger partial charge in [-0.1, -0.05) is 11.6 Å². The molecule has 4 aromatic rings. The second kappa shape index (κ2) is 7.85. The van der Waals surface area contributed by atoms with Gasteiger partial charge in [0.1, 0.15) is 11.6 Å². The molecule has 5 heterocycles. The zero-order valence-electron chi connectivity index (χ0n) is 16.8. The molecule has 0 radical (unpaired) electrons. The summed E-state index contributed by atoms with van der Waals surface area (Å²) in [6.45, 7) is 2.41. The van der Waals surface area contributed by atoms with E-state index in [1.165, 1.54) is 17.5 Å². The van der Waals surface area contributed by atoms with E-state index in [1.54, 1.807) is 30.3 Å². The Labute approximate surface area is 191 Å². The number of aromatic nitrogens is 4. The second-order valence-electron chi connectivity index (χ2n) is 7.54. The quantitative estimate of drug-likeness (QED) is 0.477. The number of H-pyrrole nitrogens is 1. The number of fused-ring (bicyclic) bond motifs is 2. The molecule has 0 aromatic carbocycles. The van der Waals surface area contributed by atoms with Gasteiger partial charge in [0.2, 0.25) is 5.91 Å². The fourth-order valence-corrected chi connectivity index (χ4v) is 4.81. The van der Waals surface area contributed by atoms with Crippen LogP contribution in [0.15, 0.2) is 30.7 Å². The van der Waals surface area contributed by atoms with Gasteiger partial charge in [0.15, 0.2) is 5.65 Å². The topological polar surface area (TPSA) is 128 Å². The molecule has 1 fully saturated rings. The number of nitriles is 1. The van der Waals surface area contributed by atoms with Crippen LogP contribution in [0.4, 0.5) is 0 Å². The standard InChI is InChI=1S/C21H16ClN7O2S/c1-10(21(31)29-8-11(5-23)9-29)27-20(30)12-6-25-19-17(12)28-15(7-26-19)16-4-14-18(32-16)13(22)2-3-24-14/h2-4,6-7,10-11H,8-9H2,1H3,(H,25,26)(H,27,30)/t10-/m1/s1. The van der Waals surface area contributed by atoms with Gasteiger partial charge >= 0.3 is 0 Å². The number of carbonyl (C=O) groups is 2. The first-order valence-corrected chi connectivity index (χ1v) is 11.0. The van der Waals surface area contributed by atoms with Gasteiger partial charge in [-0.15, -0.1) is 11.3 Å². The molecule has 1 aliphatic heterocycles. The van der Waals surface area contributed by atoms with Crippen molar-refractivity contribution >= 4 is 56.1 Å². The number of nitrogens with one attached hydrogen (secondary N) is 2. The Morgan fingerprint density at radius 3 is 2.97 bits per heavy atom. The number of nitrogens with zero attached hydrogens (tertiary/aromatic N) is 5. The summed E-state index contributed by atoms with van der Waals surface area (Å²) in [5.41, 5.74) is 2.53. The van der Waals surface area contributed by atoms with Crippen LogP contribution >= 0.6 is 22.9 Å². The zero-order valence-corrected chi connectivity index (χ0v) is 18.4. The Bertz CT molecular complexity index is 1420. The summed E-state index contributed by atoms with van der Waals surface area (Å²) in [6, 6.07) is 5.02. The van der Waals surface area contributed by atoms with Crippen molar-refractivity contribution in [1.82, 2.24) is 30.2 Å². The predicted octanol–water partition coefficient (Wildman–Crippen LogP) is 2.99. The highest BCUT2D eigenvalue weighted by molar-refractivity contribution is 7.22. The molecule has 1 saturated heterocycles. The van der Waals surface area contributed by atoms with Gasteiger partial charge in [-0.3, -0.25) is 14.6 Å². The second-order valence-corrected chi connectivity index (χ2v) is 9.00. The van der Waals surface area contributed by atoms with Gasteiger partial charge < -0.3 is 15.2 Å². The van der Waals surface area contributed by atoms with Crippen molar-refractivity contribution in [3.8, 4) is 16.6 Å². The van der Waals surface area contributed by atoms with Crippen LogP contribution in [-0.4, -0.2) is 55.8 Å². The van der Waals surface area contributed by atoms with Crippen LogP contribution in [0.5, 0.6) is 0 Å². The third-order valence-corrected chi connectivity index (χ3v) is 6.94. The molecule has 0 unspecified atom stereocenters. The smallest absolute Gasteiger partial charge is 0.255 e. The van der Waals surface area contributed by atoms with Crippen molar-refractivity contribution < 1.29 is 9.59 Å². The first-order chi connectivity index (χ1) is 15.4. The van der Waals surface area contributed by atoms with Gasteiger partial charge in [-0.05, 0) is 19.1 Å². The van der Waals surface area contributed by atoms with Crippen molar-refractivity contribution in [1.29, 1.82) is 5.26 Å². The maximum Gasteiger partial charge on any atom is 0.255 e. The van der Waals surface area contributed by atoms with E-state index in [-0.39, 0.29) is 11.8 Å². The van der Waals surface area contributed by atoms with Crippen molar-refractivity contribution in [2.45, 2.75) is 13.0 Å². The lowest BCUT2D eigenvalue weighted by Gasteiger charge is -2.37. The Morgan fingerprint density at radius 2 is 2.22 bits per heavy atom. The van der Waals surface area contributed by atoms with E-state index in [4.69, 9.17) is 16.9 Å². The van der Waals surface area contributed by atoms with Gasteiger partial charge in [0.25, 0.3) is 5.91 Å². The van der Waals surface area contributed by atoms with Crippen molar-refractivity contribution in [2.75, 3.05) is 13.1 Å². The van der Waals surface area contributed by atoms with Crippen LogP contribution < -0.4 is 5.32 Å². The average Bonchev–Trinajstić information content (AvgIpc) is 3.37. The molecule has 0 spiro atoms. The van der Waals surface area contributed by atoms with Crippen LogP contribution in [0.2, 0.25) is 5.02 Å². The minimum Gasteiger partial charge on any atom is -0.344 e. The molecule has 0 bridgehead atoms. The lowest BCUT2D eigenvalue weighted by atomic mass is 10.0. The lowest BCUT2D eigenvalue weighted by molar-refractivity contribution is -0.137. The number of likely N-dealkylation sites (tertiary alicyclic amines) is 1. The highest BCUT2D eigenvalue weighted by atomic mass is 35.5. The molecule has 5 rings (SSSR count). The van der Waals surface area contributed by atoms with Crippen LogP contribution in [0.1, 0.15) is 17.3 Å². The third kappa shape index (κ3) is 3.45. The molecule has 1 aliphatic rings. The van der Waals surface area contributed by atoms with Crippen LogP contribution in [0.25, 0.3) is 32.0 Å². The van der Waals surface area contributed by atoms with Gasteiger partial charge in [0, 0.05) is 25.5 Å². The molecule has 2 amide bonds. The van der Waals surface area contributed by atoms with Crippen LogP contribution in [0.3, 0.4) is 0 Å². The maximum absolute atomic E-state index is 12.9.